The van der Waals surface area contributed by atoms with Gasteiger partial charge in [-0.3, -0.25) is 20.4 Å². The third kappa shape index (κ3) is 7.04. The van der Waals surface area contributed by atoms with Crippen molar-refractivity contribution >= 4 is 43.1 Å². The van der Waals surface area contributed by atoms with Crippen LogP contribution in [0.5, 0.6) is 0 Å². The van der Waals surface area contributed by atoms with Gasteiger partial charge < -0.3 is 9.74 Å². The average Bonchev–Trinajstić information content (AvgIpc) is 2.77. The minimum atomic E-state index is -2.24. The molecule has 0 heterocycles. The second-order valence-corrected chi connectivity index (χ2v) is 15.0. The van der Waals surface area contributed by atoms with Crippen LogP contribution in [0.25, 0.3) is 4.85 Å². The molecule has 0 unspecified atom stereocenters. The number of amides is 2. The summed E-state index contributed by atoms with van der Waals surface area (Å²) >= 11 is 6.33. The van der Waals surface area contributed by atoms with Crippen molar-refractivity contribution in [1.82, 2.24) is 10.9 Å². The van der Waals surface area contributed by atoms with Gasteiger partial charge in [-0.15, -0.1) is 0 Å². The SMILES string of the molecule is [C-]#[N+]c1ccc(N[C@@H](C(=O)NNC(=O)c2ccc(F)cc2)[C@@H](C)O[Si](C)(C)C(C)(C)C)c(C)c1Cl. The first-order valence-corrected chi connectivity index (χ1v) is 14.4. The first kappa shape index (κ1) is 28.3. The summed E-state index contributed by atoms with van der Waals surface area (Å²) in [5.74, 6) is -1.59. The first-order chi connectivity index (χ1) is 16.2. The topological polar surface area (TPSA) is 83.8 Å². The van der Waals surface area contributed by atoms with Crippen molar-refractivity contribution in [2.45, 2.75) is 64.9 Å². The number of halogens is 2. The van der Waals surface area contributed by atoms with Crippen LogP contribution in [0.15, 0.2) is 36.4 Å². The maximum absolute atomic E-state index is 13.2. The van der Waals surface area contributed by atoms with Crippen LogP contribution in [0.1, 0.15) is 43.6 Å². The van der Waals surface area contributed by atoms with Crippen LogP contribution >= 0.6 is 11.6 Å². The fourth-order valence-corrected chi connectivity index (χ4v) is 4.68. The van der Waals surface area contributed by atoms with Crippen LogP contribution in [0.3, 0.4) is 0 Å². The Hall–Kier alpha value is -2.93. The van der Waals surface area contributed by atoms with Gasteiger partial charge >= 0.3 is 0 Å². The van der Waals surface area contributed by atoms with Crippen molar-refractivity contribution in [3.63, 3.8) is 0 Å². The van der Waals surface area contributed by atoms with Gasteiger partial charge in [-0.25, -0.2) is 9.24 Å². The van der Waals surface area contributed by atoms with Crippen LogP contribution in [0, 0.1) is 19.3 Å². The van der Waals surface area contributed by atoms with Crippen molar-refractivity contribution in [2.24, 2.45) is 0 Å². The average molecular weight is 519 g/mol. The van der Waals surface area contributed by atoms with E-state index in [0.29, 0.717) is 22.0 Å². The lowest BCUT2D eigenvalue weighted by atomic mass is 10.1. The molecule has 0 aromatic heterocycles. The van der Waals surface area contributed by atoms with E-state index in [1.807, 2.05) is 0 Å². The molecule has 7 nitrogen and oxygen atoms in total. The molecule has 0 spiro atoms. The molecule has 2 atom stereocenters. The number of anilines is 1. The Morgan fingerprint density at radius 3 is 2.26 bits per heavy atom. The van der Waals surface area contributed by atoms with Crippen LogP contribution < -0.4 is 16.2 Å². The van der Waals surface area contributed by atoms with Gasteiger partial charge in [0.15, 0.2) is 8.32 Å². The molecule has 2 rings (SSSR count). The van der Waals surface area contributed by atoms with Gasteiger partial charge in [0.25, 0.3) is 11.8 Å². The highest BCUT2D eigenvalue weighted by molar-refractivity contribution is 6.74. The Bertz CT molecular complexity index is 1130. The zero-order valence-corrected chi connectivity index (χ0v) is 22.8. The lowest BCUT2D eigenvalue weighted by Gasteiger charge is -2.40. The fraction of sp³-hybridized carbons (Fsp3) is 0.400. The van der Waals surface area contributed by atoms with E-state index in [1.165, 1.54) is 12.1 Å². The van der Waals surface area contributed by atoms with E-state index < -0.39 is 38.1 Å². The van der Waals surface area contributed by atoms with E-state index in [1.54, 1.807) is 26.0 Å². The third-order valence-electron chi connectivity index (χ3n) is 6.24. The van der Waals surface area contributed by atoms with Gasteiger partial charge in [0.1, 0.15) is 11.9 Å². The van der Waals surface area contributed by atoms with Crippen molar-refractivity contribution in [1.29, 1.82) is 0 Å². The minimum Gasteiger partial charge on any atom is -0.412 e. The Morgan fingerprint density at radius 2 is 1.71 bits per heavy atom. The van der Waals surface area contributed by atoms with Crippen LogP contribution in [-0.2, 0) is 9.22 Å². The molecule has 0 radical (unpaired) electrons. The fourth-order valence-electron chi connectivity index (χ4n) is 3.06. The van der Waals surface area contributed by atoms with Gasteiger partial charge in [-0.2, -0.15) is 0 Å². The summed E-state index contributed by atoms with van der Waals surface area (Å²) in [6.45, 7) is 21.3. The summed E-state index contributed by atoms with van der Waals surface area (Å²) in [6.07, 6.45) is -0.572. The number of nitrogens with zero attached hydrogens (tertiary/aromatic N) is 1. The highest BCUT2D eigenvalue weighted by Gasteiger charge is 2.41. The molecular weight excluding hydrogens is 487 g/mol. The third-order valence-corrected chi connectivity index (χ3v) is 11.3. The van der Waals surface area contributed by atoms with E-state index in [2.05, 4.69) is 54.9 Å². The summed E-state index contributed by atoms with van der Waals surface area (Å²) in [4.78, 5) is 29.0. The Kier molecular flexibility index (Phi) is 9.06. The molecule has 2 aromatic rings. The maximum atomic E-state index is 13.2. The summed E-state index contributed by atoms with van der Waals surface area (Å²) < 4.78 is 19.6. The smallest absolute Gasteiger partial charge is 0.269 e. The molecule has 10 heteroatoms. The van der Waals surface area contributed by atoms with Gasteiger partial charge in [-0.05, 0) is 67.9 Å². The molecule has 2 amide bonds. The van der Waals surface area contributed by atoms with E-state index in [-0.39, 0.29) is 10.6 Å². The molecule has 0 aliphatic heterocycles. The normalized spacial score (nSPS) is 13.4. The summed E-state index contributed by atoms with van der Waals surface area (Å²) in [5, 5.41) is 3.39. The molecule has 0 fully saturated rings. The molecule has 0 bridgehead atoms. The second kappa shape index (κ2) is 11.2. The summed E-state index contributed by atoms with van der Waals surface area (Å²) in [7, 11) is -2.24. The van der Waals surface area contributed by atoms with Crippen molar-refractivity contribution in [3.05, 3.63) is 69.8 Å². The molecule has 0 saturated heterocycles. The highest BCUT2D eigenvalue weighted by Crippen LogP contribution is 2.38. The molecule has 0 aliphatic rings. The molecule has 2 aromatic carbocycles. The van der Waals surface area contributed by atoms with E-state index in [9.17, 15) is 14.0 Å². The van der Waals surface area contributed by atoms with Gasteiger partial charge in [0, 0.05) is 11.3 Å². The predicted octanol–water partition coefficient (Wildman–Crippen LogP) is 5.99. The molecule has 188 valence electrons. The number of hydrogen-bond donors (Lipinski definition) is 3. The first-order valence-electron chi connectivity index (χ1n) is 11.1. The second-order valence-electron chi connectivity index (χ2n) is 9.84. The summed E-state index contributed by atoms with van der Waals surface area (Å²) in [6, 6.07) is 7.33. The van der Waals surface area contributed by atoms with Crippen molar-refractivity contribution < 1.29 is 18.4 Å². The molecule has 35 heavy (non-hydrogen) atoms. The number of carbonyl (C=O) groups is 2. The maximum Gasteiger partial charge on any atom is 0.269 e. The quantitative estimate of drug-likeness (QED) is 0.239. The van der Waals surface area contributed by atoms with Crippen LogP contribution in [0.2, 0.25) is 23.2 Å². The lowest BCUT2D eigenvalue weighted by molar-refractivity contribution is -0.124. The van der Waals surface area contributed by atoms with Gasteiger partial charge in [-0.1, -0.05) is 38.4 Å². The number of hydrazine groups is 1. The Morgan fingerprint density at radius 1 is 1.11 bits per heavy atom. The number of rotatable bonds is 7. The van der Waals surface area contributed by atoms with Gasteiger partial charge in [0.2, 0.25) is 5.69 Å². The minimum absolute atomic E-state index is 0.0877. The van der Waals surface area contributed by atoms with E-state index >= 15 is 0 Å². The standard InChI is InChI=1S/C25H32ClFN4O3Si/c1-15-19(13-14-20(28-6)21(15)26)29-22(16(2)34-35(7,8)25(3,4)5)24(33)31-30-23(32)17-9-11-18(27)12-10-17/h9-14,16,22,29H,1-5,7-8H3,(H,30,32)(H,31,33)/t16-,22-/m1/s1. The van der Waals surface area contributed by atoms with Crippen molar-refractivity contribution in [2.75, 3.05) is 5.32 Å². The lowest BCUT2D eigenvalue weighted by Crippen LogP contribution is -2.55. The number of hydrogen-bond acceptors (Lipinski definition) is 4. The summed E-state index contributed by atoms with van der Waals surface area (Å²) in [5.41, 5.74) is 6.50. The zero-order chi connectivity index (χ0) is 26.6. The van der Waals surface area contributed by atoms with E-state index in [0.717, 1.165) is 12.1 Å². The monoisotopic (exact) mass is 518 g/mol. The molecule has 3 N–H and O–H groups in total. The Balaban J connectivity index is 2.29. The van der Waals surface area contributed by atoms with Gasteiger partial charge in [0.05, 0.1) is 17.7 Å². The number of carbonyl (C=O) groups excluding carboxylic acids is 2. The zero-order valence-electron chi connectivity index (χ0n) is 21.0. The largest absolute Gasteiger partial charge is 0.412 e. The van der Waals surface area contributed by atoms with Crippen molar-refractivity contribution in [3.8, 4) is 0 Å². The number of nitrogens with one attached hydrogen (secondary N) is 3. The number of benzene rings is 2. The van der Waals surface area contributed by atoms with Crippen LogP contribution in [-0.4, -0.2) is 32.3 Å². The predicted molar refractivity (Wildman–Crippen MR) is 140 cm³/mol. The van der Waals surface area contributed by atoms with E-state index in [4.69, 9.17) is 22.6 Å². The molecule has 0 aliphatic carbocycles. The highest BCUT2D eigenvalue weighted by atomic mass is 35.5. The molecule has 0 saturated carbocycles. The van der Waals surface area contributed by atoms with Crippen LogP contribution in [0.4, 0.5) is 15.8 Å². The Labute approximate surface area is 212 Å². The molecular formula is C25H32ClFN4O3Si.